The van der Waals surface area contributed by atoms with Crippen molar-refractivity contribution in [1.29, 1.82) is 0 Å². The van der Waals surface area contributed by atoms with Gasteiger partial charge in [-0.15, -0.1) is 0 Å². The highest BCUT2D eigenvalue weighted by atomic mass is 16.5. The smallest absolute Gasteiger partial charge is 0.341 e. The standard InChI is InChI=1S/C16H22N2O4/c1-8-12(16(20)21-2)6-11(22-8)7-18-15(19)13-9-3-4-10(5-9)14(13)17/h6,9-10,13-14H,3-5,7,17H2,1-2H3,(H,18,19). The molecule has 1 heterocycles. The van der Waals surface area contributed by atoms with Crippen molar-refractivity contribution in [2.45, 2.75) is 38.8 Å². The Balaban J connectivity index is 1.61. The summed E-state index contributed by atoms with van der Waals surface area (Å²) < 4.78 is 10.2. The second-order valence-electron chi connectivity index (χ2n) is 6.33. The summed E-state index contributed by atoms with van der Waals surface area (Å²) in [6, 6.07) is 1.59. The molecule has 1 aromatic heterocycles. The molecular formula is C16H22N2O4. The Morgan fingerprint density at radius 2 is 2.14 bits per heavy atom. The van der Waals surface area contributed by atoms with Gasteiger partial charge in [0, 0.05) is 6.04 Å². The van der Waals surface area contributed by atoms with E-state index < -0.39 is 5.97 Å². The van der Waals surface area contributed by atoms with Crippen LogP contribution in [-0.2, 0) is 16.1 Å². The van der Waals surface area contributed by atoms with Crippen molar-refractivity contribution < 1.29 is 18.7 Å². The lowest BCUT2D eigenvalue weighted by atomic mass is 9.84. The molecule has 0 spiro atoms. The Hall–Kier alpha value is -1.82. The molecule has 6 nitrogen and oxygen atoms in total. The van der Waals surface area contributed by atoms with E-state index in [1.165, 1.54) is 7.11 Å². The van der Waals surface area contributed by atoms with Gasteiger partial charge in [-0.3, -0.25) is 4.79 Å². The van der Waals surface area contributed by atoms with Crippen LogP contribution in [0, 0.1) is 24.7 Å². The van der Waals surface area contributed by atoms with Crippen molar-refractivity contribution >= 4 is 11.9 Å². The average Bonchev–Trinajstić information content (AvgIpc) is 3.18. The zero-order chi connectivity index (χ0) is 15.9. The molecule has 2 saturated carbocycles. The third-order valence-corrected chi connectivity index (χ3v) is 5.09. The summed E-state index contributed by atoms with van der Waals surface area (Å²) in [5.74, 6) is 1.43. The lowest BCUT2D eigenvalue weighted by Crippen LogP contribution is -2.45. The fourth-order valence-corrected chi connectivity index (χ4v) is 3.96. The molecule has 1 aromatic rings. The predicted octanol–water partition coefficient (Wildman–Crippen LogP) is 1.36. The summed E-state index contributed by atoms with van der Waals surface area (Å²) in [6.07, 6.45) is 3.32. The molecule has 4 atom stereocenters. The minimum Gasteiger partial charge on any atom is -0.465 e. The maximum Gasteiger partial charge on any atom is 0.341 e. The van der Waals surface area contributed by atoms with Crippen molar-refractivity contribution in [3.05, 3.63) is 23.2 Å². The molecule has 0 aliphatic heterocycles. The molecule has 0 radical (unpaired) electrons. The van der Waals surface area contributed by atoms with Gasteiger partial charge in [-0.05, 0) is 44.1 Å². The van der Waals surface area contributed by atoms with Gasteiger partial charge in [-0.25, -0.2) is 4.79 Å². The number of fused-ring (bicyclic) bond motifs is 2. The highest BCUT2D eigenvalue weighted by Crippen LogP contribution is 2.47. The maximum atomic E-state index is 12.4. The fourth-order valence-electron chi connectivity index (χ4n) is 3.96. The van der Waals surface area contributed by atoms with Crippen LogP contribution in [0.4, 0.5) is 0 Å². The van der Waals surface area contributed by atoms with Gasteiger partial charge in [0.15, 0.2) is 0 Å². The first kappa shape index (κ1) is 15.1. The van der Waals surface area contributed by atoms with Gasteiger partial charge in [0.25, 0.3) is 0 Å². The van der Waals surface area contributed by atoms with Crippen LogP contribution in [0.5, 0.6) is 0 Å². The van der Waals surface area contributed by atoms with Crippen molar-refractivity contribution in [3.63, 3.8) is 0 Å². The van der Waals surface area contributed by atoms with Gasteiger partial charge >= 0.3 is 5.97 Å². The quantitative estimate of drug-likeness (QED) is 0.819. The number of amides is 1. The summed E-state index contributed by atoms with van der Waals surface area (Å²) in [4.78, 5) is 23.9. The Morgan fingerprint density at radius 1 is 1.41 bits per heavy atom. The molecule has 2 aliphatic rings. The van der Waals surface area contributed by atoms with E-state index in [0.29, 0.717) is 28.9 Å². The Labute approximate surface area is 129 Å². The average molecular weight is 306 g/mol. The van der Waals surface area contributed by atoms with E-state index in [1.807, 2.05) is 0 Å². The number of carbonyl (C=O) groups is 2. The Kier molecular flexibility index (Phi) is 3.95. The molecule has 3 rings (SSSR count). The normalized spacial score (nSPS) is 29.6. The van der Waals surface area contributed by atoms with Gasteiger partial charge in [-0.2, -0.15) is 0 Å². The molecule has 2 fully saturated rings. The molecule has 120 valence electrons. The van der Waals surface area contributed by atoms with Crippen LogP contribution in [0.25, 0.3) is 0 Å². The van der Waals surface area contributed by atoms with Crippen LogP contribution < -0.4 is 11.1 Å². The lowest BCUT2D eigenvalue weighted by molar-refractivity contribution is -0.127. The molecule has 2 aliphatic carbocycles. The second kappa shape index (κ2) is 5.76. The Morgan fingerprint density at radius 3 is 2.77 bits per heavy atom. The van der Waals surface area contributed by atoms with Crippen molar-refractivity contribution in [3.8, 4) is 0 Å². The van der Waals surface area contributed by atoms with E-state index in [2.05, 4.69) is 10.1 Å². The summed E-state index contributed by atoms with van der Waals surface area (Å²) in [7, 11) is 1.33. The molecule has 4 unspecified atom stereocenters. The SMILES string of the molecule is COC(=O)c1cc(CNC(=O)C2C3CCC(C3)C2N)oc1C. The highest BCUT2D eigenvalue weighted by Gasteiger charge is 2.48. The van der Waals surface area contributed by atoms with Gasteiger partial charge in [-0.1, -0.05) is 0 Å². The van der Waals surface area contributed by atoms with Crippen LogP contribution in [0.2, 0.25) is 0 Å². The lowest BCUT2D eigenvalue weighted by Gasteiger charge is -2.26. The summed E-state index contributed by atoms with van der Waals surface area (Å²) in [5, 5.41) is 2.89. The maximum absolute atomic E-state index is 12.4. The molecule has 3 N–H and O–H groups in total. The zero-order valence-corrected chi connectivity index (χ0v) is 12.9. The summed E-state index contributed by atoms with van der Waals surface area (Å²) >= 11 is 0. The highest BCUT2D eigenvalue weighted by molar-refractivity contribution is 5.90. The number of hydrogen-bond acceptors (Lipinski definition) is 5. The number of aryl methyl sites for hydroxylation is 1. The third-order valence-electron chi connectivity index (χ3n) is 5.09. The van der Waals surface area contributed by atoms with Crippen LogP contribution >= 0.6 is 0 Å². The van der Waals surface area contributed by atoms with Crippen LogP contribution in [0.3, 0.4) is 0 Å². The van der Waals surface area contributed by atoms with Crippen LogP contribution in [-0.4, -0.2) is 25.0 Å². The molecule has 6 heteroatoms. The number of esters is 1. The van der Waals surface area contributed by atoms with Crippen molar-refractivity contribution in [2.24, 2.45) is 23.5 Å². The van der Waals surface area contributed by atoms with Gasteiger partial charge in [0.05, 0.1) is 19.6 Å². The first-order valence-corrected chi connectivity index (χ1v) is 7.72. The van der Waals surface area contributed by atoms with E-state index in [-0.39, 0.29) is 24.4 Å². The molecule has 22 heavy (non-hydrogen) atoms. The topological polar surface area (TPSA) is 94.6 Å². The number of nitrogens with one attached hydrogen (secondary N) is 1. The first-order chi connectivity index (χ1) is 10.5. The third kappa shape index (κ3) is 2.52. The van der Waals surface area contributed by atoms with E-state index in [4.69, 9.17) is 10.2 Å². The van der Waals surface area contributed by atoms with E-state index >= 15 is 0 Å². The molecule has 2 bridgehead atoms. The Bertz CT molecular complexity index is 593. The zero-order valence-electron chi connectivity index (χ0n) is 12.9. The number of ether oxygens (including phenoxy) is 1. The fraction of sp³-hybridized carbons (Fsp3) is 0.625. The van der Waals surface area contributed by atoms with Crippen molar-refractivity contribution in [1.82, 2.24) is 5.32 Å². The number of furan rings is 1. The molecule has 0 saturated heterocycles. The minimum atomic E-state index is -0.436. The number of nitrogens with two attached hydrogens (primary N) is 1. The minimum absolute atomic E-state index is 0.00614. The van der Waals surface area contributed by atoms with Gasteiger partial charge in [0.2, 0.25) is 5.91 Å². The van der Waals surface area contributed by atoms with E-state index in [0.717, 1.165) is 19.3 Å². The number of rotatable bonds is 4. The number of methoxy groups -OCH3 is 1. The van der Waals surface area contributed by atoms with Crippen LogP contribution in [0.15, 0.2) is 10.5 Å². The monoisotopic (exact) mass is 306 g/mol. The number of hydrogen-bond donors (Lipinski definition) is 2. The number of carbonyl (C=O) groups excluding carboxylic acids is 2. The summed E-state index contributed by atoms with van der Waals surface area (Å²) in [6.45, 7) is 1.96. The first-order valence-electron chi connectivity index (χ1n) is 7.72. The summed E-state index contributed by atoms with van der Waals surface area (Å²) in [5.41, 5.74) is 6.57. The predicted molar refractivity (Wildman–Crippen MR) is 78.9 cm³/mol. The molecule has 1 amide bonds. The van der Waals surface area contributed by atoms with E-state index in [9.17, 15) is 9.59 Å². The van der Waals surface area contributed by atoms with Crippen molar-refractivity contribution in [2.75, 3.05) is 7.11 Å². The molecular weight excluding hydrogens is 284 g/mol. The van der Waals surface area contributed by atoms with E-state index in [1.54, 1.807) is 13.0 Å². The second-order valence-corrected chi connectivity index (χ2v) is 6.33. The molecule has 0 aromatic carbocycles. The van der Waals surface area contributed by atoms with Gasteiger partial charge in [0.1, 0.15) is 17.1 Å². The van der Waals surface area contributed by atoms with Gasteiger partial charge < -0.3 is 20.2 Å². The largest absolute Gasteiger partial charge is 0.465 e. The van der Waals surface area contributed by atoms with Crippen LogP contribution in [0.1, 0.15) is 41.1 Å².